The number of halogens is 1. The summed E-state index contributed by atoms with van der Waals surface area (Å²) in [5, 5.41) is 1.46. The zero-order valence-electron chi connectivity index (χ0n) is 11.1. The third kappa shape index (κ3) is 4.32. The summed E-state index contributed by atoms with van der Waals surface area (Å²) in [6.45, 7) is 14.2. The summed E-state index contributed by atoms with van der Waals surface area (Å²) in [6, 6.07) is 0. The van der Waals surface area contributed by atoms with E-state index in [0.29, 0.717) is 11.0 Å². The van der Waals surface area contributed by atoms with Crippen LogP contribution in [0.25, 0.3) is 0 Å². The first-order valence-corrected chi connectivity index (χ1v) is 9.94. The van der Waals surface area contributed by atoms with Gasteiger partial charge in [0.15, 0.2) is 0 Å². The fraction of sp³-hybridized carbons (Fsp3) is 0.846. The second-order valence-electron chi connectivity index (χ2n) is 5.60. The Morgan fingerprint density at radius 2 is 1.80 bits per heavy atom. The van der Waals surface area contributed by atoms with Crippen molar-refractivity contribution < 1.29 is 0 Å². The minimum Gasteiger partial charge on any atom is -0.131 e. The van der Waals surface area contributed by atoms with Gasteiger partial charge in [0.05, 0.1) is 0 Å². The second kappa shape index (κ2) is 6.11. The lowest BCUT2D eigenvalue weighted by molar-refractivity contribution is 0.462. The van der Waals surface area contributed by atoms with Gasteiger partial charge < -0.3 is 0 Å². The van der Waals surface area contributed by atoms with E-state index in [1.165, 1.54) is 6.42 Å². The fourth-order valence-corrected chi connectivity index (χ4v) is 3.93. The Morgan fingerprint density at radius 1 is 1.27 bits per heavy atom. The number of unbranched alkanes of at least 4 members (excludes halogenated alkanes) is 1. The smallest absolute Gasteiger partial charge is 0.131 e. The molecule has 0 aliphatic heterocycles. The van der Waals surface area contributed by atoms with Gasteiger partial charge in [0.2, 0.25) is 0 Å². The van der Waals surface area contributed by atoms with Gasteiger partial charge in [-0.2, -0.15) is 0 Å². The van der Waals surface area contributed by atoms with E-state index in [4.69, 9.17) is 0 Å². The molecule has 0 rings (SSSR count). The zero-order chi connectivity index (χ0) is 12.1. The zero-order valence-corrected chi connectivity index (χ0v) is 13.7. The SMILES string of the molecule is CC(C)C(C)(C)[Si](C)(C)C#CCCCBr. The molecule has 15 heavy (non-hydrogen) atoms. The van der Waals surface area contributed by atoms with E-state index in [1.54, 1.807) is 0 Å². The van der Waals surface area contributed by atoms with Gasteiger partial charge in [-0.3, -0.25) is 0 Å². The van der Waals surface area contributed by atoms with Crippen LogP contribution in [0.2, 0.25) is 18.1 Å². The summed E-state index contributed by atoms with van der Waals surface area (Å²) < 4.78 is 0. The fourth-order valence-electron chi connectivity index (χ4n) is 1.32. The van der Waals surface area contributed by atoms with Crippen LogP contribution in [-0.2, 0) is 0 Å². The molecular formula is C13H25BrSi. The van der Waals surface area contributed by atoms with E-state index in [-0.39, 0.29) is 0 Å². The first-order valence-electron chi connectivity index (χ1n) is 5.81. The maximum absolute atomic E-state index is 3.58. The molecule has 0 unspecified atom stereocenters. The molecule has 0 aliphatic rings. The molecule has 0 aliphatic carbocycles. The van der Waals surface area contributed by atoms with Crippen LogP contribution in [0.5, 0.6) is 0 Å². The van der Waals surface area contributed by atoms with E-state index in [9.17, 15) is 0 Å². The third-order valence-corrected chi connectivity index (χ3v) is 9.05. The van der Waals surface area contributed by atoms with Gasteiger partial charge in [0, 0.05) is 11.8 Å². The highest BCUT2D eigenvalue weighted by atomic mass is 79.9. The molecule has 0 aromatic rings. The summed E-state index contributed by atoms with van der Waals surface area (Å²) in [6.07, 6.45) is 2.20. The molecule has 0 heterocycles. The van der Waals surface area contributed by atoms with Crippen molar-refractivity contribution in [2.75, 3.05) is 5.33 Å². The predicted molar refractivity (Wildman–Crippen MR) is 77.2 cm³/mol. The van der Waals surface area contributed by atoms with Crippen molar-refractivity contribution >= 4 is 24.0 Å². The first kappa shape index (κ1) is 15.3. The standard InChI is InChI=1S/C13H25BrSi/c1-12(2)13(3,4)15(5,6)11-9-7-8-10-14/h12H,7-8,10H2,1-6H3. The molecule has 0 spiro atoms. The average molecular weight is 289 g/mol. The van der Waals surface area contributed by atoms with Gasteiger partial charge in [-0.1, -0.05) is 56.7 Å². The van der Waals surface area contributed by atoms with E-state index in [0.717, 1.165) is 11.8 Å². The Balaban J connectivity index is 4.57. The maximum atomic E-state index is 3.58. The molecular weight excluding hydrogens is 264 g/mol. The van der Waals surface area contributed by atoms with Crippen LogP contribution in [0.15, 0.2) is 0 Å². The lowest BCUT2D eigenvalue weighted by Crippen LogP contribution is -2.41. The van der Waals surface area contributed by atoms with E-state index in [2.05, 4.69) is 68.2 Å². The number of hydrogen-bond donors (Lipinski definition) is 0. The van der Waals surface area contributed by atoms with E-state index >= 15 is 0 Å². The summed E-state index contributed by atoms with van der Waals surface area (Å²) >= 11 is 3.44. The molecule has 0 amide bonds. The Bertz CT molecular complexity index is 243. The highest BCUT2D eigenvalue weighted by molar-refractivity contribution is 9.09. The van der Waals surface area contributed by atoms with Gasteiger partial charge in [-0.25, -0.2) is 0 Å². The van der Waals surface area contributed by atoms with Gasteiger partial charge in [-0.15, -0.1) is 11.5 Å². The van der Waals surface area contributed by atoms with Crippen LogP contribution >= 0.6 is 15.9 Å². The third-order valence-electron chi connectivity index (χ3n) is 3.89. The number of hydrogen-bond acceptors (Lipinski definition) is 0. The predicted octanol–water partition coefficient (Wildman–Crippen LogP) is 4.85. The summed E-state index contributed by atoms with van der Waals surface area (Å²) in [5.74, 6) is 4.08. The topological polar surface area (TPSA) is 0 Å². The minimum absolute atomic E-state index is 0.397. The molecule has 0 aromatic carbocycles. The van der Waals surface area contributed by atoms with Crippen molar-refractivity contribution in [1.29, 1.82) is 0 Å². The van der Waals surface area contributed by atoms with Crippen LogP contribution in [-0.4, -0.2) is 13.4 Å². The van der Waals surface area contributed by atoms with Gasteiger partial charge in [-0.05, 0) is 17.4 Å². The van der Waals surface area contributed by atoms with E-state index in [1.807, 2.05) is 0 Å². The van der Waals surface area contributed by atoms with Crippen molar-refractivity contribution in [2.45, 2.75) is 58.7 Å². The molecule has 0 nitrogen and oxygen atoms in total. The highest BCUT2D eigenvalue weighted by Crippen LogP contribution is 2.43. The Kier molecular flexibility index (Phi) is 6.21. The van der Waals surface area contributed by atoms with Crippen molar-refractivity contribution in [3.8, 4) is 11.5 Å². The molecule has 88 valence electrons. The Labute approximate surface area is 105 Å². The monoisotopic (exact) mass is 288 g/mol. The largest absolute Gasteiger partial charge is 0.138 e. The second-order valence-corrected chi connectivity index (χ2v) is 11.2. The molecule has 0 fully saturated rings. The van der Waals surface area contributed by atoms with Crippen LogP contribution in [0.3, 0.4) is 0 Å². The van der Waals surface area contributed by atoms with Gasteiger partial charge in [0.1, 0.15) is 8.07 Å². The van der Waals surface area contributed by atoms with Crippen molar-refractivity contribution in [3.63, 3.8) is 0 Å². The van der Waals surface area contributed by atoms with Gasteiger partial charge >= 0.3 is 0 Å². The minimum atomic E-state index is -1.42. The maximum Gasteiger partial charge on any atom is 0.138 e. The van der Waals surface area contributed by atoms with Gasteiger partial charge in [0.25, 0.3) is 0 Å². The van der Waals surface area contributed by atoms with Crippen LogP contribution in [0, 0.1) is 17.4 Å². The summed E-state index contributed by atoms with van der Waals surface area (Å²) in [7, 11) is -1.42. The average Bonchev–Trinajstić information content (AvgIpc) is 2.12. The van der Waals surface area contributed by atoms with Crippen LogP contribution < -0.4 is 0 Å². The molecule has 2 heteroatoms. The Hall–Kier alpha value is 0.257. The molecule has 0 atom stereocenters. The molecule has 0 N–H and O–H groups in total. The molecule has 0 aromatic heterocycles. The Morgan fingerprint density at radius 3 is 2.20 bits per heavy atom. The molecule has 0 saturated heterocycles. The van der Waals surface area contributed by atoms with Crippen molar-refractivity contribution in [2.24, 2.45) is 5.92 Å². The first-order chi connectivity index (χ1) is 6.75. The lowest BCUT2D eigenvalue weighted by atomic mass is 9.99. The lowest BCUT2D eigenvalue weighted by Gasteiger charge is -2.39. The van der Waals surface area contributed by atoms with Crippen molar-refractivity contribution in [1.82, 2.24) is 0 Å². The van der Waals surface area contributed by atoms with Crippen LogP contribution in [0.4, 0.5) is 0 Å². The number of rotatable bonds is 4. The summed E-state index contributed by atoms with van der Waals surface area (Å²) in [4.78, 5) is 0. The highest BCUT2D eigenvalue weighted by Gasteiger charge is 2.40. The molecule has 0 saturated carbocycles. The molecule has 0 bridgehead atoms. The van der Waals surface area contributed by atoms with E-state index < -0.39 is 8.07 Å². The quantitative estimate of drug-likeness (QED) is 0.300. The normalized spacial score (nSPS) is 12.5. The summed E-state index contributed by atoms with van der Waals surface area (Å²) in [5.41, 5.74) is 3.58. The molecule has 0 radical (unpaired) electrons. The van der Waals surface area contributed by atoms with Crippen LogP contribution in [0.1, 0.15) is 40.5 Å². The van der Waals surface area contributed by atoms with Crippen molar-refractivity contribution in [3.05, 3.63) is 0 Å². The number of alkyl halides is 1.